The number of rotatable bonds is 5. The number of anilines is 1. The largest absolute Gasteiger partial charge is 0.358 e. The lowest BCUT2D eigenvalue weighted by Gasteiger charge is -2.15. The maximum Gasteiger partial charge on any atom is 0.171 e. The van der Waals surface area contributed by atoms with E-state index in [9.17, 15) is 0 Å². The van der Waals surface area contributed by atoms with E-state index in [1.54, 1.807) is 0 Å². The first kappa shape index (κ1) is 16.9. The van der Waals surface area contributed by atoms with E-state index < -0.39 is 0 Å². The minimum atomic E-state index is 0.653. The predicted octanol–water partition coefficient (Wildman–Crippen LogP) is 4.08. The fraction of sp³-hybridized carbons (Fsp3) is 0.350. The van der Waals surface area contributed by atoms with E-state index in [1.165, 1.54) is 42.6 Å². The zero-order chi connectivity index (χ0) is 16.8. The van der Waals surface area contributed by atoms with Gasteiger partial charge in [0.1, 0.15) is 0 Å². The van der Waals surface area contributed by atoms with E-state index in [0.29, 0.717) is 5.11 Å². The topological polar surface area (TPSA) is 27.3 Å². The van der Waals surface area contributed by atoms with Crippen molar-refractivity contribution in [1.82, 2.24) is 10.2 Å². The molecule has 0 saturated carbocycles. The Balaban J connectivity index is 1.45. The molecule has 3 nitrogen and oxygen atoms in total. The Kier molecular flexibility index (Phi) is 5.83. The van der Waals surface area contributed by atoms with Gasteiger partial charge in [-0.05, 0) is 68.3 Å². The van der Waals surface area contributed by atoms with Crippen molar-refractivity contribution in [3.63, 3.8) is 0 Å². The Morgan fingerprint density at radius 3 is 2.25 bits per heavy atom. The summed E-state index contributed by atoms with van der Waals surface area (Å²) in [6, 6.07) is 17.1. The highest BCUT2D eigenvalue weighted by Crippen LogP contribution is 2.13. The molecule has 0 amide bonds. The van der Waals surface area contributed by atoms with E-state index >= 15 is 0 Å². The second-order valence-electron chi connectivity index (χ2n) is 6.47. The van der Waals surface area contributed by atoms with Crippen LogP contribution in [-0.2, 0) is 13.1 Å². The average molecular weight is 340 g/mol. The van der Waals surface area contributed by atoms with Crippen molar-refractivity contribution in [2.24, 2.45) is 0 Å². The first-order chi connectivity index (χ1) is 11.7. The summed E-state index contributed by atoms with van der Waals surface area (Å²) in [6.07, 6.45) is 2.68. The third-order valence-corrected chi connectivity index (χ3v) is 4.64. The van der Waals surface area contributed by atoms with Crippen molar-refractivity contribution in [3.05, 3.63) is 65.2 Å². The molecule has 2 aromatic carbocycles. The molecule has 126 valence electrons. The molecule has 0 aromatic heterocycles. The van der Waals surface area contributed by atoms with E-state index in [0.717, 1.165) is 18.8 Å². The van der Waals surface area contributed by atoms with Gasteiger partial charge in [-0.1, -0.05) is 42.0 Å². The van der Waals surface area contributed by atoms with E-state index in [1.807, 2.05) is 12.1 Å². The second kappa shape index (κ2) is 8.27. The number of likely N-dealkylation sites (tertiary alicyclic amines) is 1. The molecule has 2 N–H and O–H groups in total. The SMILES string of the molecule is Cc1ccc(NC(=S)NCc2ccc(CN3CCCC3)cc2)cc1. The summed E-state index contributed by atoms with van der Waals surface area (Å²) >= 11 is 5.36. The second-order valence-corrected chi connectivity index (χ2v) is 6.88. The average Bonchev–Trinajstić information content (AvgIpc) is 3.09. The highest BCUT2D eigenvalue weighted by molar-refractivity contribution is 7.80. The first-order valence-corrected chi connectivity index (χ1v) is 9.01. The number of nitrogens with one attached hydrogen (secondary N) is 2. The Bertz CT molecular complexity index is 658. The van der Waals surface area contributed by atoms with Gasteiger partial charge in [0.2, 0.25) is 0 Å². The number of benzene rings is 2. The van der Waals surface area contributed by atoms with E-state index in [4.69, 9.17) is 12.2 Å². The molecule has 1 aliphatic rings. The van der Waals surface area contributed by atoms with Crippen LogP contribution < -0.4 is 10.6 Å². The van der Waals surface area contributed by atoms with Crippen LogP contribution in [0.15, 0.2) is 48.5 Å². The number of hydrogen-bond acceptors (Lipinski definition) is 2. The van der Waals surface area contributed by atoms with Gasteiger partial charge in [0.15, 0.2) is 5.11 Å². The van der Waals surface area contributed by atoms with Crippen molar-refractivity contribution in [2.45, 2.75) is 32.9 Å². The zero-order valence-electron chi connectivity index (χ0n) is 14.2. The highest BCUT2D eigenvalue weighted by atomic mass is 32.1. The molecule has 1 fully saturated rings. The molecule has 1 saturated heterocycles. The fourth-order valence-corrected chi connectivity index (χ4v) is 3.15. The number of nitrogens with zero attached hydrogens (tertiary/aromatic N) is 1. The third kappa shape index (κ3) is 5.05. The quantitative estimate of drug-likeness (QED) is 0.803. The van der Waals surface area contributed by atoms with Gasteiger partial charge in [-0.25, -0.2) is 0 Å². The third-order valence-electron chi connectivity index (χ3n) is 4.39. The maximum absolute atomic E-state index is 5.36. The predicted molar refractivity (Wildman–Crippen MR) is 105 cm³/mol. The minimum absolute atomic E-state index is 0.653. The summed E-state index contributed by atoms with van der Waals surface area (Å²) in [5.74, 6) is 0. The summed E-state index contributed by atoms with van der Waals surface area (Å²) in [5.41, 5.74) is 4.89. The molecule has 1 heterocycles. The number of hydrogen-bond donors (Lipinski definition) is 2. The summed E-state index contributed by atoms with van der Waals surface area (Å²) in [4.78, 5) is 2.52. The Labute approximate surface area is 150 Å². The van der Waals surface area contributed by atoms with E-state index in [2.05, 4.69) is 58.9 Å². The number of aryl methyl sites for hydroxylation is 1. The van der Waals surface area contributed by atoms with Crippen LogP contribution in [0.4, 0.5) is 5.69 Å². The van der Waals surface area contributed by atoms with Gasteiger partial charge in [-0.15, -0.1) is 0 Å². The molecule has 0 aliphatic carbocycles. The molecule has 1 aliphatic heterocycles. The summed E-state index contributed by atoms with van der Waals surface area (Å²) in [5, 5.41) is 7.13. The molecule has 4 heteroatoms. The van der Waals surface area contributed by atoms with Crippen LogP contribution in [0.25, 0.3) is 0 Å². The molecular formula is C20H25N3S. The van der Waals surface area contributed by atoms with Crippen LogP contribution in [0.2, 0.25) is 0 Å². The van der Waals surface area contributed by atoms with Gasteiger partial charge < -0.3 is 10.6 Å². The van der Waals surface area contributed by atoms with Crippen LogP contribution in [0, 0.1) is 6.92 Å². The number of thiocarbonyl (C=S) groups is 1. The molecule has 0 bridgehead atoms. The van der Waals surface area contributed by atoms with E-state index in [-0.39, 0.29) is 0 Å². The zero-order valence-corrected chi connectivity index (χ0v) is 15.0. The highest BCUT2D eigenvalue weighted by Gasteiger charge is 2.11. The molecular weight excluding hydrogens is 314 g/mol. The first-order valence-electron chi connectivity index (χ1n) is 8.61. The van der Waals surface area contributed by atoms with Gasteiger partial charge in [0.05, 0.1) is 0 Å². The molecule has 3 rings (SSSR count). The van der Waals surface area contributed by atoms with Crippen molar-refractivity contribution in [1.29, 1.82) is 0 Å². The Morgan fingerprint density at radius 1 is 0.958 bits per heavy atom. The lowest BCUT2D eigenvalue weighted by atomic mass is 10.1. The maximum atomic E-state index is 5.36. The minimum Gasteiger partial charge on any atom is -0.358 e. The van der Waals surface area contributed by atoms with Crippen LogP contribution in [-0.4, -0.2) is 23.1 Å². The fourth-order valence-electron chi connectivity index (χ4n) is 2.96. The smallest absolute Gasteiger partial charge is 0.171 e. The Hall–Kier alpha value is -1.91. The van der Waals surface area contributed by atoms with Crippen LogP contribution in [0.5, 0.6) is 0 Å². The monoisotopic (exact) mass is 339 g/mol. The standard InChI is InChI=1S/C20H25N3S/c1-16-4-10-19(11-5-16)22-20(24)21-14-17-6-8-18(9-7-17)15-23-12-2-3-13-23/h4-11H,2-3,12-15H2,1H3,(H2,21,22,24). The molecule has 0 atom stereocenters. The lowest BCUT2D eigenvalue weighted by molar-refractivity contribution is 0.331. The van der Waals surface area contributed by atoms with Crippen LogP contribution >= 0.6 is 12.2 Å². The van der Waals surface area contributed by atoms with Crippen LogP contribution in [0.1, 0.15) is 29.5 Å². The van der Waals surface area contributed by atoms with Crippen LogP contribution in [0.3, 0.4) is 0 Å². The summed E-state index contributed by atoms with van der Waals surface area (Å²) < 4.78 is 0. The lowest BCUT2D eigenvalue weighted by Crippen LogP contribution is -2.27. The van der Waals surface area contributed by atoms with Crippen molar-refractivity contribution in [3.8, 4) is 0 Å². The van der Waals surface area contributed by atoms with Crippen molar-refractivity contribution in [2.75, 3.05) is 18.4 Å². The van der Waals surface area contributed by atoms with Gasteiger partial charge in [0, 0.05) is 18.8 Å². The van der Waals surface area contributed by atoms with Gasteiger partial charge in [0.25, 0.3) is 0 Å². The summed E-state index contributed by atoms with van der Waals surface area (Å²) in [7, 11) is 0. The molecule has 24 heavy (non-hydrogen) atoms. The van der Waals surface area contributed by atoms with Crippen molar-refractivity contribution < 1.29 is 0 Å². The van der Waals surface area contributed by atoms with Gasteiger partial charge in [-0.3, -0.25) is 4.90 Å². The molecule has 0 radical (unpaired) electrons. The molecule has 0 unspecified atom stereocenters. The van der Waals surface area contributed by atoms with Gasteiger partial charge >= 0.3 is 0 Å². The normalized spacial score (nSPS) is 14.5. The van der Waals surface area contributed by atoms with Crippen molar-refractivity contribution >= 4 is 23.0 Å². The summed E-state index contributed by atoms with van der Waals surface area (Å²) in [6.45, 7) is 6.36. The van der Waals surface area contributed by atoms with Gasteiger partial charge in [-0.2, -0.15) is 0 Å². The Morgan fingerprint density at radius 2 is 1.58 bits per heavy atom. The molecule has 2 aromatic rings. The molecule has 0 spiro atoms.